The van der Waals surface area contributed by atoms with E-state index in [1.54, 1.807) is 0 Å². The zero-order valence-corrected chi connectivity index (χ0v) is 10.1. The fourth-order valence-electron chi connectivity index (χ4n) is 1.43. The molecule has 0 aliphatic heterocycles. The zero-order chi connectivity index (χ0) is 13.1. The molecule has 2 rings (SSSR count). The second kappa shape index (κ2) is 5.10. The monoisotopic (exact) mass is 266 g/mol. The van der Waals surface area contributed by atoms with E-state index in [0.717, 1.165) is 6.07 Å². The predicted octanol–water partition coefficient (Wildman–Crippen LogP) is 2.51. The van der Waals surface area contributed by atoms with E-state index in [4.69, 9.17) is 16.3 Å². The molecule has 0 spiro atoms. The van der Waals surface area contributed by atoms with Gasteiger partial charge in [0.25, 0.3) is 0 Å². The third kappa shape index (κ3) is 2.31. The number of nitrogens with zero attached hydrogens (tertiary/aromatic N) is 2. The molecule has 4 nitrogen and oxygen atoms in total. The molecule has 0 fully saturated rings. The maximum absolute atomic E-state index is 13.6. The van der Waals surface area contributed by atoms with Crippen LogP contribution in [-0.2, 0) is 0 Å². The quantitative estimate of drug-likeness (QED) is 0.801. The van der Waals surface area contributed by atoms with Gasteiger partial charge in [-0.1, -0.05) is 11.6 Å². The number of halogens is 2. The van der Waals surface area contributed by atoms with E-state index >= 15 is 0 Å². The van der Waals surface area contributed by atoms with Crippen LogP contribution >= 0.6 is 11.6 Å². The molecule has 1 heterocycles. The van der Waals surface area contributed by atoms with Crippen molar-refractivity contribution in [1.29, 1.82) is 0 Å². The molecule has 18 heavy (non-hydrogen) atoms. The van der Waals surface area contributed by atoms with Gasteiger partial charge in [0.05, 0.1) is 12.7 Å². The lowest BCUT2D eigenvalue weighted by Crippen LogP contribution is -2.09. The highest BCUT2D eigenvalue weighted by Crippen LogP contribution is 2.20. The summed E-state index contributed by atoms with van der Waals surface area (Å²) in [5.74, 6) is -1.26. The van der Waals surface area contributed by atoms with Crippen LogP contribution in [0.3, 0.4) is 0 Å². The standard InChI is InChI=1S/C12H8ClFN2O2/c1-18-12-10(15-4-5-16-12)11(17)8-3-2-7(13)6-9(8)14/h2-6H,1H3. The van der Waals surface area contributed by atoms with Crippen molar-refractivity contribution in [3.63, 3.8) is 0 Å². The zero-order valence-electron chi connectivity index (χ0n) is 9.35. The molecule has 6 heteroatoms. The Morgan fingerprint density at radius 3 is 2.72 bits per heavy atom. The summed E-state index contributed by atoms with van der Waals surface area (Å²) < 4.78 is 18.5. The summed E-state index contributed by atoms with van der Waals surface area (Å²) in [5, 5.41) is 0.218. The van der Waals surface area contributed by atoms with Gasteiger partial charge < -0.3 is 4.74 Å². The second-order valence-electron chi connectivity index (χ2n) is 3.37. The molecular formula is C12H8ClFN2O2. The van der Waals surface area contributed by atoms with Gasteiger partial charge in [-0.05, 0) is 18.2 Å². The summed E-state index contributed by atoms with van der Waals surface area (Å²) in [6, 6.07) is 3.80. The molecule has 0 unspecified atom stereocenters. The Morgan fingerprint density at radius 2 is 2.06 bits per heavy atom. The van der Waals surface area contributed by atoms with E-state index in [9.17, 15) is 9.18 Å². The van der Waals surface area contributed by atoms with Crippen molar-refractivity contribution in [2.24, 2.45) is 0 Å². The van der Waals surface area contributed by atoms with Gasteiger partial charge in [-0.15, -0.1) is 0 Å². The van der Waals surface area contributed by atoms with Crippen LogP contribution in [0.25, 0.3) is 0 Å². The van der Waals surface area contributed by atoms with Crippen molar-refractivity contribution in [2.75, 3.05) is 7.11 Å². The van der Waals surface area contributed by atoms with E-state index in [1.807, 2.05) is 0 Å². The van der Waals surface area contributed by atoms with Gasteiger partial charge in [0.15, 0.2) is 5.69 Å². The van der Waals surface area contributed by atoms with Crippen LogP contribution in [0.4, 0.5) is 4.39 Å². The Bertz CT molecular complexity index is 604. The molecule has 0 amide bonds. The Hall–Kier alpha value is -2.01. The molecule has 92 valence electrons. The molecule has 0 aliphatic carbocycles. The molecule has 0 atom stereocenters. The van der Waals surface area contributed by atoms with Crippen LogP contribution in [0.5, 0.6) is 5.88 Å². The normalized spacial score (nSPS) is 10.2. The lowest BCUT2D eigenvalue weighted by Gasteiger charge is -2.05. The number of hydrogen-bond acceptors (Lipinski definition) is 4. The smallest absolute Gasteiger partial charge is 0.243 e. The number of methoxy groups -OCH3 is 1. The summed E-state index contributed by atoms with van der Waals surface area (Å²) in [6.07, 6.45) is 2.72. The number of carbonyl (C=O) groups excluding carboxylic acids is 1. The Labute approximate surface area is 107 Å². The summed E-state index contributed by atoms with van der Waals surface area (Å²) >= 11 is 5.62. The van der Waals surface area contributed by atoms with Gasteiger partial charge in [0, 0.05) is 17.4 Å². The third-order valence-electron chi connectivity index (χ3n) is 2.25. The van der Waals surface area contributed by atoms with Crippen LogP contribution in [0, 0.1) is 5.82 Å². The van der Waals surface area contributed by atoms with E-state index in [0.29, 0.717) is 0 Å². The number of hydrogen-bond donors (Lipinski definition) is 0. The third-order valence-corrected chi connectivity index (χ3v) is 2.48. The molecule has 0 aliphatic rings. The van der Waals surface area contributed by atoms with E-state index < -0.39 is 11.6 Å². The Balaban J connectivity index is 2.48. The van der Waals surface area contributed by atoms with Crippen LogP contribution in [0.15, 0.2) is 30.6 Å². The molecule has 0 N–H and O–H groups in total. The fraction of sp³-hybridized carbons (Fsp3) is 0.0833. The SMILES string of the molecule is COc1nccnc1C(=O)c1ccc(Cl)cc1F. The Kier molecular flexibility index (Phi) is 3.53. The Morgan fingerprint density at radius 1 is 1.33 bits per heavy atom. The number of rotatable bonds is 3. The van der Waals surface area contributed by atoms with Gasteiger partial charge in [-0.25, -0.2) is 14.4 Å². The molecule has 2 aromatic rings. The van der Waals surface area contributed by atoms with Crippen molar-refractivity contribution in [2.45, 2.75) is 0 Å². The van der Waals surface area contributed by atoms with Crippen molar-refractivity contribution in [3.05, 3.63) is 52.7 Å². The van der Waals surface area contributed by atoms with Crippen molar-refractivity contribution in [3.8, 4) is 5.88 Å². The van der Waals surface area contributed by atoms with Crippen LogP contribution < -0.4 is 4.74 Å². The van der Waals surface area contributed by atoms with Gasteiger partial charge in [-0.2, -0.15) is 0 Å². The van der Waals surface area contributed by atoms with Crippen molar-refractivity contribution in [1.82, 2.24) is 9.97 Å². The van der Waals surface area contributed by atoms with E-state index in [2.05, 4.69) is 9.97 Å². The second-order valence-corrected chi connectivity index (χ2v) is 3.80. The molecular weight excluding hydrogens is 259 g/mol. The summed E-state index contributed by atoms with van der Waals surface area (Å²) in [6.45, 7) is 0. The average molecular weight is 267 g/mol. The topological polar surface area (TPSA) is 52.1 Å². The number of ether oxygens (including phenoxy) is 1. The molecule has 0 radical (unpaired) electrons. The maximum atomic E-state index is 13.6. The van der Waals surface area contributed by atoms with Gasteiger partial charge in [0.1, 0.15) is 5.82 Å². The lowest BCUT2D eigenvalue weighted by molar-refractivity contribution is 0.102. The highest BCUT2D eigenvalue weighted by molar-refractivity contribution is 6.30. The largest absolute Gasteiger partial charge is 0.479 e. The van der Waals surface area contributed by atoms with Gasteiger partial charge >= 0.3 is 0 Å². The van der Waals surface area contributed by atoms with E-state index in [1.165, 1.54) is 31.6 Å². The first kappa shape index (κ1) is 12.4. The highest BCUT2D eigenvalue weighted by Gasteiger charge is 2.20. The minimum Gasteiger partial charge on any atom is -0.479 e. The number of aromatic nitrogens is 2. The highest BCUT2D eigenvalue weighted by atomic mass is 35.5. The van der Waals surface area contributed by atoms with Crippen molar-refractivity contribution < 1.29 is 13.9 Å². The predicted molar refractivity (Wildman–Crippen MR) is 63.4 cm³/mol. The first-order chi connectivity index (χ1) is 8.63. The first-order valence-corrected chi connectivity index (χ1v) is 5.36. The summed E-state index contributed by atoms with van der Waals surface area (Å²) in [7, 11) is 1.36. The molecule has 0 saturated carbocycles. The van der Waals surface area contributed by atoms with Gasteiger partial charge in [-0.3, -0.25) is 4.79 Å². The maximum Gasteiger partial charge on any atom is 0.243 e. The van der Waals surface area contributed by atoms with Crippen LogP contribution in [0.2, 0.25) is 5.02 Å². The lowest BCUT2D eigenvalue weighted by atomic mass is 10.1. The molecule has 1 aromatic carbocycles. The van der Waals surface area contributed by atoms with Crippen LogP contribution in [-0.4, -0.2) is 22.9 Å². The van der Waals surface area contributed by atoms with Crippen LogP contribution in [0.1, 0.15) is 16.1 Å². The van der Waals surface area contributed by atoms with E-state index in [-0.39, 0.29) is 22.2 Å². The number of benzene rings is 1. The minimum absolute atomic E-state index is 0.0405. The van der Waals surface area contributed by atoms with Crippen molar-refractivity contribution >= 4 is 17.4 Å². The molecule has 0 saturated heterocycles. The molecule has 0 bridgehead atoms. The van der Waals surface area contributed by atoms with Gasteiger partial charge in [0.2, 0.25) is 11.7 Å². The number of ketones is 1. The summed E-state index contributed by atoms with van der Waals surface area (Å²) in [4.78, 5) is 19.8. The minimum atomic E-state index is -0.708. The first-order valence-electron chi connectivity index (χ1n) is 4.98. The summed E-state index contributed by atoms with van der Waals surface area (Å²) in [5.41, 5.74) is -0.167. The number of carbonyl (C=O) groups is 1. The fourth-order valence-corrected chi connectivity index (χ4v) is 1.59. The molecule has 1 aromatic heterocycles. The average Bonchev–Trinajstić information content (AvgIpc) is 2.38.